The molecule has 1 atom stereocenters. The van der Waals surface area contributed by atoms with E-state index in [1.165, 1.54) is 11.1 Å². The summed E-state index contributed by atoms with van der Waals surface area (Å²) < 4.78 is 0. The molecular weight excluding hydrogens is 146 g/mol. The first kappa shape index (κ1) is 9.27. The Kier molecular flexibility index (Phi) is 3.30. The van der Waals surface area contributed by atoms with Crippen molar-refractivity contribution in [2.75, 3.05) is 0 Å². The monoisotopic (exact) mass is 163 g/mol. The van der Waals surface area contributed by atoms with Crippen molar-refractivity contribution in [3.05, 3.63) is 35.4 Å². The van der Waals surface area contributed by atoms with Crippen molar-refractivity contribution in [3.8, 4) is 0 Å². The molecular formula is C11H17N. The second-order valence-corrected chi connectivity index (χ2v) is 3.30. The Morgan fingerprint density at radius 2 is 2.00 bits per heavy atom. The van der Waals surface area contributed by atoms with Gasteiger partial charge < -0.3 is 5.73 Å². The van der Waals surface area contributed by atoms with Crippen LogP contribution >= 0.6 is 0 Å². The lowest BCUT2D eigenvalue weighted by atomic mass is 10.0. The zero-order valence-corrected chi connectivity index (χ0v) is 7.88. The van der Waals surface area contributed by atoms with Gasteiger partial charge in [0, 0.05) is 6.04 Å². The lowest BCUT2D eigenvalue weighted by Crippen LogP contribution is -2.21. The van der Waals surface area contributed by atoms with Gasteiger partial charge in [-0.05, 0) is 30.9 Å². The molecule has 1 nitrogen and oxygen atoms in total. The van der Waals surface area contributed by atoms with Crippen LogP contribution in [0.15, 0.2) is 24.3 Å². The van der Waals surface area contributed by atoms with Gasteiger partial charge in [-0.3, -0.25) is 0 Å². The fraction of sp³-hybridized carbons (Fsp3) is 0.455. The number of benzene rings is 1. The van der Waals surface area contributed by atoms with Crippen molar-refractivity contribution in [2.24, 2.45) is 5.73 Å². The van der Waals surface area contributed by atoms with Gasteiger partial charge in [0.15, 0.2) is 0 Å². The molecule has 0 aliphatic heterocycles. The molecule has 1 aromatic carbocycles. The molecule has 1 unspecified atom stereocenters. The highest BCUT2D eigenvalue weighted by molar-refractivity contribution is 5.26. The SMILES string of the molecule is CCC(N)Cc1ccccc1C. The van der Waals surface area contributed by atoms with Gasteiger partial charge in [-0.25, -0.2) is 0 Å². The van der Waals surface area contributed by atoms with Crippen LogP contribution in [0.2, 0.25) is 0 Å². The summed E-state index contributed by atoms with van der Waals surface area (Å²) in [4.78, 5) is 0. The summed E-state index contributed by atoms with van der Waals surface area (Å²) in [6.07, 6.45) is 2.05. The molecule has 0 heterocycles. The molecule has 66 valence electrons. The molecule has 0 aliphatic carbocycles. The molecule has 0 amide bonds. The topological polar surface area (TPSA) is 26.0 Å². The van der Waals surface area contributed by atoms with E-state index in [1.807, 2.05) is 0 Å². The van der Waals surface area contributed by atoms with Crippen molar-refractivity contribution in [2.45, 2.75) is 32.7 Å². The highest BCUT2D eigenvalue weighted by Gasteiger charge is 2.02. The van der Waals surface area contributed by atoms with Crippen LogP contribution in [-0.2, 0) is 6.42 Å². The molecule has 1 heteroatoms. The lowest BCUT2D eigenvalue weighted by Gasteiger charge is -2.10. The minimum Gasteiger partial charge on any atom is -0.327 e. The molecule has 0 saturated heterocycles. The summed E-state index contributed by atoms with van der Waals surface area (Å²) in [7, 11) is 0. The molecule has 2 N–H and O–H groups in total. The van der Waals surface area contributed by atoms with Gasteiger partial charge in [0.25, 0.3) is 0 Å². The third-order valence-electron chi connectivity index (χ3n) is 2.27. The van der Waals surface area contributed by atoms with Gasteiger partial charge in [-0.1, -0.05) is 31.2 Å². The third-order valence-corrected chi connectivity index (χ3v) is 2.27. The van der Waals surface area contributed by atoms with Crippen LogP contribution < -0.4 is 5.73 Å². The van der Waals surface area contributed by atoms with E-state index in [-0.39, 0.29) is 0 Å². The summed E-state index contributed by atoms with van der Waals surface area (Å²) in [6.45, 7) is 4.26. The van der Waals surface area contributed by atoms with Gasteiger partial charge in [0.05, 0.1) is 0 Å². The van der Waals surface area contributed by atoms with Crippen molar-refractivity contribution >= 4 is 0 Å². The highest BCUT2D eigenvalue weighted by Crippen LogP contribution is 2.09. The molecule has 0 radical (unpaired) electrons. The molecule has 0 spiro atoms. The number of aryl methyl sites for hydroxylation is 1. The van der Waals surface area contributed by atoms with Gasteiger partial charge >= 0.3 is 0 Å². The van der Waals surface area contributed by atoms with E-state index in [0.29, 0.717) is 6.04 Å². The average molecular weight is 163 g/mol. The zero-order valence-electron chi connectivity index (χ0n) is 7.88. The Balaban J connectivity index is 2.69. The van der Waals surface area contributed by atoms with E-state index in [2.05, 4.69) is 38.1 Å². The third kappa shape index (κ3) is 2.35. The van der Waals surface area contributed by atoms with E-state index in [0.717, 1.165) is 12.8 Å². The van der Waals surface area contributed by atoms with Crippen LogP contribution in [-0.4, -0.2) is 6.04 Å². The van der Waals surface area contributed by atoms with Crippen LogP contribution in [0.1, 0.15) is 24.5 Å². The number of hydrogen-bond donors (Lipinski definition) is 1. The van der Waals surface area contributed by atoms with Crippen LogP contribution in [0, 0.1) is 6.92 Å². The van der Waals surface area contributed by atoms with Crippen molar-refractivity contribution in [3.63, 3.8) is 0 Å². The fourth-order valence-electron chi connectivity index (χ4n) is 1.27. The Morgan fingerprint density at radius 3 is 2.58 bits per heavy atom. The number of nitrogens with two attached hydrogens (primary N) is 1. The Morgan fingerprint density at radius 1 is 1.33 bits per heavy atom. The summed E-state index contributed by atoms with van der Waals surface area (Å²) in [5.41, 5.74) is 8.60. The van der Waals surface area contributed by atoms with E-state index < -0.39 is 0 Å². The maximum absolute atomic E-state index is 5.87. The van der Waals surface area contributed by atoms with Gasteiger partial charge in [0.2, 0.25) is 0 Å². The first-order valence-corrected chi connectivity index (χ1v) is 4.54. The highest BCUT2D eigenvalue weighted by atomic mass is 14.6. The first-order valence-electron chi connectivity index (χ1n) is 4.54. The second-order valence-electron chi connectivity index (χ2n) is 3.30. The summed E-state index contributed by atoms with van der Waals surface area (Å²) in [6, 6.07) is 8.75. The molecule has 0 fully saturated rings. The Hall–Kier alpha value is -0.820. The molecule has 12 heavy (non-hydrogen) atoms. The predicted molar refractivity (Wildman–Crippen MR) is 53.1 cm³/mol. The average Bonchev–Trinajstić information content (AvgIpc) is 2.09. The van der Waals surface area contributed by atoms with E-state index in [1.54, 1.807) is 0 Å². The number of hydrogen-bond acceptors (Lipinski definition) is 1. The van der Waals surface area contributed by atoms with Crippen LogP contribution in [0.4, 0.5) is 0 Å². The Bertz CT molecular complexity index is 243. The fourth-order valence-corrected chi connectivity index (χ4v) is 1.27. The van der Waals surface area contributed by atoms with Crippen LogP contribution in [0.25, 0.3) is 0 Å². The van der Waals surface area contributed by atoms with Crippen LogP contribution in [0.3, 0.4) is 0 Å². The van der Waals surface area contributed by atoms with E-state index >= 15 is 0 Å². The zero-order chi connectivity index (χ0) is 8.97. The van der Waals surface area contributed by atoms with Crippen molar-refractivity contribution in [1.82, 2.24) is 0 Å². The Labute approximate surface area is 74.6 Å². The second kappa shape index (κ2) is 4.27. The maximum Gasteiger partial charge on any atom is 0.00767 e. The predicted octanol–water partition coefficient (Wildman–Crippen LogP) is 2.27. The van der Waals surface area contributed by atoms with Gasteiger partial charge in [-0.15, -0.1) is 0 Å². The lowest BCUT2D eigenvalue weighted by molar-refractivity contribution is 0.644. The molecule has 0 saturated carbocycles. The molecule has 0 aromatic heterocycles. The number of rotatable bonds is 3. The molecule has 0 aliphatic rings. The molecule has 1 aromatic rings. The molecule has 0 bridgehead atoms. The van der Waals surface area contributed by atoms with Crippen molar-refractivity contribution < 1.29 is 0 Å². The summed E-state index contributed by atoms with van der Waals surface area (Å²) in [5, 5.41) is 0. The van der Waals surface area contributed by atoms with Crippen molar-refractivity contribution in [1.29, 1.82) is 0 Å². The van der Waals surface area contributed by atoms with E-state index in [9.17, 15) is 0 Å². The minimum atomic E-state index is 0.311. The minimum absolute atomic E-state index is 0.311. The summed E-state index contributed by atoms with van der Waals surface area (Å²) in [5.74, 6) is 0. The molecule has 1 rings (SSSR count). The normalized spacial score (nSPS) is 12.9. The van der Waals surface area contributed by atoms with Gasteiger partial charge in [-0.2, -0.15) is 0 Å². The van der Waals surface area contributed by atoms with Crippen LogP contribution in [0.5, 0.6) is 0 Å². The maximum atomic E-state index is 5.87. The van der Waals surface area contributed by atoms with Gasteiger partial charge in [0.1, 0.15) is 0 Å². The quantitative estimate of drug-likeness (QED) is 0.726. The first-order chi connectivity index (χ1) is 5.74. The smallest absolute Gasteiger partial charge is 0.00767 e. The standard InChI is InChI=1S/C11H17N/c1-3-11(12)8-10-7-5-4-6-9(10)2/h4-7,11H,3,8,12H2,1-2H3. The summed E-state index contributed by atoms with van der Waals surface area (Å²) >= 11 is 0. The van der Waals surface area contributed by atoms with E-state index in [4.69, 9.17) is 5.73 Å². The largest absolute Gasteiger partial charge is 0.327 e.